The van der Waals surface area contributed by atoms with Gasteiger partial charge >= 0.3 is 12.2 Å². The summed E-state index contributed by atoms with van der Waals surface area (Å²) in [7, 11) is -4.28. The van der Waals surface area contributed by atoms with E-state index in [1.807, 2.05) is 85.8 Å². The molecule has 0 aromatic heterocycles. The first-order chi connectivity index (χ1) is 40.9. The third kappa shape index (κ3) is 16.7. The van der Waals surface area contributed by atoms with Gasteiger partial charge in [0.25, 0.3) is 10.0 Å². The molecule has 25 heteroatoms. The van der Waals surface area contributed by atoms with E-state index >= 15 is 0 Å². The second-order valence-corrected chi connectivity index (χ2v) is 23.3. The molecule has 458 valence electrons. The number of hydroxylamine groups is 2. The minimum atomic E-state index is -4.28. The molecule has 8 heterocycles. The van der Waals surface area contributed by atoms with Crippen molar-refractivity contribution < 1.29 is 94.7 Å². The van der Waals surface area contributed by atoms with Gasteiger partial charge < -0.3 is 77.7 Å². The summed E-state index contributed by atoms with van der Waals surface area (Å²) in [6, 6.07) is 27.7. The Bertz CT molecular complexity index is 2830. The maximum Gasteiger partial charge on any atom is 0.407 e. The number of ether oxygens (including phenoxy) is 12. The van der Waals surface area contributed by atoms with Crippen molar-refractivity contribution in [1.82, 2.24) is 20.6 Å². The summed E-state index contributed by atoms with van der Waals surface area (Å²) < 4.78 is 93.7. The number of fused-ring (bicyclic) bond motifs is 4. The fourth-order valence-corrected chi connectivity index (χ4v) is 12.1. The number of hydrogen-bond acceptors (Lipinski definition) is 21. The van der Waals surface area contributed by atoms with Crippen molar-refractivity contribution in [1.29, 1.82) is 0 Å². The van der Waals surface area contributed by atoms with Crippen LogP contribution in [0.5, 0.6) is 23.0 Å². The van der Waals surface area contributed by atoms with Gasteiger partial charge in [-0.05, 0) is 99.2 Å². The number of carbonyl (C=O) groups is 2. The van der Waals surface area contributed by atoms with Gasteiger partial charge in [0, 0.05) is 39.0 Å². The number of hydrogen-bond donors (Lipinski definition) is 5. The Balaban J connectivity index is 0.000000166. The number of benzene rings is 4. The lowest BCUT2D eigenvalue weighted by Crippen LogP contribution is -2.52. The summed E-state index contributed by atoms with van der Waals surface area (Å²) in [6.45, 7) is 6.00. The van der Waals surface area contributed by atoms with Crippen LogP contribution < -0.4 is 35.1 Å². The highest BCUT2D eigenvalue weighted by atomic mass is 32.2. The molecule has 8 aliphatic heterocycles. The number of amides is 2. The van der Waals surface area contributed by atoms with Gasteiger partial charge in [0.05, 0.1) is 86.2 Å². The Labute approximate surface area is 488 Å². The van der Waals surface area contributed by atoms with Crippen LogP contribution in [0.25, 0.3) is 0 Å². The number of aliphatic hydroxyl groups excluding tert-OH is 2. The highest BCUT2D eigenvalue weighted by molar-refractivity contribution is 7.89. The Morgan fingerprint density at radius 1 is 0.595 bits per heavy atom. The number of carbonyl (C=O) groups excluding carboxylic acids is 2. The molecule has 8 aliphatic rings. The number of rotatable bonds is 20. The van der Waals surface area contributed by atoms with Crippen LogP contribution in [-0.4, -0.2) is 176 Å². The molecular weight excluding hydrogens is 1120 g/mol. The highest BCUT2D eigenvalue weighted by Crippen LogP contribution is 2.37. The predicted octanol–water partition coefficient (Wildman–Crippen LogP) is 4.85. The summed E-state index contributed by atoms with van der Waals surface area (Å²) in [4.78, 5) is 37.3. The van der Waals surface area contributed by atoms with Crippen molar-refractivity contribution in [3.63, 3.8) is 0 Å². The van der Waals surface area contributed by atoms with Gasteiger partial charge in [-0.1, -0.05) is 71.2 Å². The molecule has 6 saturated heterocycles. The maximum atomic E-state index is 13.9. The smallest absolute Gasteiger partial charge is 0.407 e. The van der Waals surface area contributed by atoms with E-state index in [-0.39, 0.29) is 67.9 Å². The first-order valence-corrected chi connectivity index (χ1v) is 30.2. The van der Waals surface area contributed by atoms with Gasteiger partial charge in [-0.2, -0.15) is 5.48 Å². The summed E-state index contributed by atoms with van der Waals surface area (Å²) in [5.41, 5.74) is 5.90. The van der Waals surface area contributed by atoms with Crippen molar-refractivity contribution in [2.24, 2.45) is 11.8 Å². The number of nitrogens with one attached hydrogen (secondary N) is 3. The lowest BCUT2D eigenvalue weighted by Gasteiger charge is -2.32. The maximum absolute atomic E-state index is 13.9. The molecule has 24 nitrogen and oxygen atoms in total. The van der Waals surface area contributed by atoms with E-state index in [0.29, 0.717) is 83.8 Å². The molecule has 0 spiro atoms. The van der Waals surface area contributed by atoms with Gasteiger partial charge in [0.1, 0.15) is 12.2 Å². The van der Waals surface area contributed by atoms with Crippen molar-refractivity contribution >= 4 is 22.2 Å². The molecule has 2 unspecified atom stereocenters. The van der Waals surface area contributed by atoms with Crippen molar-refractivity contribution in [2.75, 3.05) is 79.5 Å². The lowest BCUT2D eigenvalue weighted by molar-refractivity contribution is -0.170. The molecule has 84 heavy (non-hydrogen) atoms. The van der Waals surface area contributed by atoms with E-state index in [0.717, 1.165) is 52.8 Å². The standard InChI is InChI=1S/C29H36N2O11S.C22H32N2O7.C8H8O2/c32-24(23(14-19-4-2-1-3-5-19)30-29(33)41-27-17-38-28-22(27)10-13-37-28)16-31(42-20-8-11-36-12-9-20)43(34,35)21-6-7-25-26(15-21)40-18-39-25;25-19(13-23-31-16-6-9-27-10-7-16)18(12-15-4-2-1-3-5-15)24-22(26)30-20-14-29-21-17(20)8-11-28-21;1-6-2-3-7-8(4-6)10-5-9-7/h1-7,15,20,22-24,27-28,32H,8-14,16-18H2,(H,30,33);1-5,16-21,23,25H,6-14H2,(H,24,26);2-4H,5H2,1H3/t22-,23-,24+,27?,28+;17-,18-,19+,20?,21+;/m00./s1. The molecule has 0 bridgehead atoms. The molecular formula is C59H76N4O20S. The van der Waals surface area contributed by atoms with Crippen LogP contribution in [0.4, 0.5) is 9.59 Å². The van der Waals surface area contributed by atoms with E-state index in [1.54, 1.807) is 0 Å². The third-order valence-electron chi connectivity index (χ3n) is 15.5. The number of sulfonamides is 1. The first kappa shape index (κ1) is 61.2. The zero-order valence-corrected chi connectivity index (χ0v) is 47.7. The van der Waals surface area contributed by atoms with E-state index in [1.165, 1.54) is 23.8 Å². The normalized spacial score (nSPS) is 24.8. The van der Waals surface area contributed by atoms with Crippen molar-refractivity contribution in [3.05, 3.63) is 114 Å². The van der Waals surface area contributed by atoms with E-state index in [9.17, 15) is 28.2 Å². The summed E-state index contributed by atoms with van der Waals surface area (Å²) in [6.07, 6.45) is -0.614. The second kappa shape index (κ2) is 29.9. The summed E-state index contributed by atoms with van der Waals surface area (Å²) in [5.74, 6) is 2.45. The molecule has 0 aliphatic carbocycles. The molecule has 2 amide bonds. The average molecular weight is 1190 g/mol. The largest absolute Gasteiger partial charge is 0.454 e. The van der Waals surface area contributed by atoms with Gasteiger partial charge in [-0.15, -0.1) is 0 Å². The van der Waals surface area contributed by atoms with Crippen LogP contribution in [0.1, 0.15) is 55.2 Å². The molecule has 10 atom stereocenters. The number of alkyl carbamates (subject to hydrolysis) is 2. The zero-order valence-electron chi connectivity index (χ0n) is 46.9. The molecule has 5 N–H and O–H groups in total. The molecule has 4 aromatic rings. The highest BCUT2D eigenvalue weighted by Gasteiger charge is 2.46. The van der Waals surface area contributed by atoms with Crippen LogP contribution in [0.2, 0.25) is 0 Å². The van der Waals surface area contributed by atoms with Crippen molar-refractivity contribution in [2.45, 2.75) is 124 Å². The van der Waals surface area contributed by atoms with Gasteiger partial charge in [-0.3, -0.25) is 9.68 Å². The minimum Gasteiger partial charge on any atom is -0.454 e. The second-order valence-electron chi connectivity index (χ2n) is 21.5. The van der Waals surface area contributed by atoms with Gasteiger partial charge in [0.15, 0.2) is 35.6 Å². The Morgan fingerprint density at radius 3 is 1.65 bits per heavy atom. The van der Waals surface area contributed by atoms with Gasteiger partial charge in [-0.25, -0.2) is 18.0 Å². The monoisotopic (exact) mass is 1190 g/mol. The Kier molecular flexibility index (Phi) is 21.8. The SMILES string of the molecule is Cc1ccc2c(c1)OCO2.O=C(N[C@@H](Cc1ccccc1)[C@H](O)CN(OC1CCOCC1)S(=O)(=O)c1ccc2c(c1)OCO2)OC1CO[C@H]2OCC[C@@H]12.O=C(N[C@@H](Cc1ccccc1)[C@H](O)CNOC1CCOCC1)OC1CO[C@H]2OCC[C@@H]12. The molecule has 0 saturated carbocycles. The first-order valence-electron chi connectivity index (χ1n) is 28.8. The van der Waals surface area contributed by atoms with Crippen LogP contribution in [0, 0.1) is 18.8 Å². The van der Waals surface area contributed by atoms with E-state index in [4.69, 9.17) is 66.5 Å². The minimum absolute atomic E-state index is 0.00974. The average Bonchev–Trinajstić information content (AvgIpc) is 4.49. The molecule has 4 aromatic carbocycles. The zero-order chi connectivity index (χ0) is 58.3. The Morgan fingerprint density at radius 2 is 1.10 bits per heavy atom. The number of nitrogens with zero attached hydrogens (tertiary/aromatic N) is 1. The fourth-order valence-electron chi connectivity index (χ4n) is 10.8. The predicted molar refractivity (Wildman–Crippen MR) is 296 cm³/mol. The Hall–Kier alpha value is -5.91. The van der Waals surface area contributed by atoms with E-state index < -0.39 is 65.3 Å². The molecule has 12 rings (SSSR count). The topological polar surface area (TPSA) is 277 Å². The molecule has 0 radical (unpaired) electrons. The fraction of sp³-hybridized carbons (Fsp3) is 0.559. The lowest BCUT2D eigenvalue weighted by atomic mass is 10.0. The summed E-state index contributed by atoms with van der Waals surface area (Å²) >= 11 is 0. The van der Waals surface area contributed by atoms with Crippen LogP contribution in [-0.2, 0) is 70.4 Å². The molecule has 6 fully saturated rings. The van der Waals surface area contributed by atoms with Crippen LogP contribution in [0.15, 0.2) is 102 Å². The third-order valence-corrected chi connectivity index (χ3v) is 17.2. The van der Waals surface area contributed by atoms with E-state index in [2.05, 4.69) is 16.1 Å². The number of aliphatic hydroxyl groups is 2. The van der Waals surface area contributed by atoms with Crippen LogP contribution >= 0.6 is 0 Å². The number of aryl methyl sites for hydroxylation is 1. The quantitative estimate of drug-likeness (QED) is 0.0740. The van der Waals surface area contributed by atoms with Crippen LogP contribution in [0.3, 0.4) is 0 Å². The van der Waals surface area contributed by atoms with Crippen molar-refractivity contribution in [3.8, 4) is 23.0 Å². The summed E-state index contributed by atoms with van der Waals surface area (Å²) in [5, 5.41) is 27.9. The van der Waals surface area contributed by atoms with Gasteiger partial charge in [0.2, 0.25) is 13.6 Å².